The molecule has 1 aliphatic heterocycles. The molecule has 1 aromatic rings. The Morgan fingerprint density at radius 2 is 2.38 bits per heavy atom. The first-order valence-corrected chi connectivity index (χ1v) is 9.29. The maximum Gasteiger partial charge on any atom is 0.234 e. The van der Waals surface area contributed by atoms with Crippen LogP contribution in [-0.2, 0) is 16.1 Å². The van der Waals surface area contributed by atoms with Gasteiger partial charge in [0.05, 0.1) is 38.1 Å². The van der Waals surface area contributed by atoms with Gasteiger partial charge in [0.15, 0.2) is 0 Å². The molecular formula is C19H30N4O3. The predicted octanol–water partition coefficient (Wildman–Crippen LogP) is 1.47. The van der Waals surface area contributed by atoms with E-state index in [1.54, 1.807) is 6.26 Å². The highest BCUT2D eigenvalue weighted by atomic mass is 16.5. The van der Waals surface area contributed by atoms with Crippen LogP contribution in [0, 0.1) is 17.2 Å². The molecule has 0 saturated carbocycles. The number of morpholine rings is 1. The van der Waals surface area contributed by atoms with Crippen LogP contribution in [0.5, 0.6) is 0 Å². The first-order valence-electron chi connectivity index (χ1n) is 9.29. The van der Waals surface area contributed by atoms with Crippen molar-refractivity contribution in [2.45, 2.75) is 32.9 Å². The Morgan fingerprint density at radius 1 is 1.54 bits per heavy atom. The first-order chi connectivity index (χ1) is 12.6. The monoisotopic (exact) mass is 362 g/mol. The van der Waals surface area contributed by atoms with E-state index in [4.69, 9.17) is 14.4 Å². The molecule has 2 heterocycles. The number of nitriles is 1. The molecule has 2 rings (SSSR count). The SMILES string of the molecule is CC(C)CN1CCOC(CNC(=O)CN(CCC#N)Cc2ccco2)C1. The molecule has 0 radical (unpaired) electrons. The fraction of sp³-hybridized carbons (Fsp3) is 0.684. The molecule has 1 aliphatic rings. The smallest absolute Gasteiger partial charge is 0.234 e. The summed E-state index contributed by atoms with van der Waals surface area (Å²) in [5.41, 5.74) is 0. The summed E-state index contributed by atoms with van der Waals surface area (Å²) in [4.78, 5) is 16.6. The van der Waals surface area contributed by atoms with E-state index in [9.17, 15) is 4.79 Å². The lowest BCUT2D eigenvalue weighted by atomic mass is 10.2. The normalized spacial score (nSPS) is 18.2. The lowest BCUT2D eigenvalue weighted by molar-refractivity contribution is -0.123. The highest BCUT2D eigenvalue weighted by Crippen LogP contribution is 2.08. The minimum atomic E-state index is -0.0564. The molecule has 0 aromatic carbocycles. The molecule has 1 atom stereocenters. The van der Waals surface area contributed by atoms with Gasteiger partial charge in [0.25, 0.3) is 0 Å². The average molecular weight is 362 g/mol. The molecule has 0 spiro atoms. The van der Waals surface area contributed by atoms with E-state index < -0.39 is 0 Å². The Bertz CT molecular complexity index is 568. The van der Waals surface area contributed by atoms with E-state index in [0.29, 0.717) is 38.6 Å². The first kappa shape index (κ1) is 20.4. The fourth-order valence-corrected chi connectivity index (χ4v) is 3.12. The lowest BCUT2D eigenvalue weighted by Crippen LogP contribution is -2.49. The third-order valence-corrected chi connectivity index (χ3v) is 4.24. The number of hydrogen-bond acceptors (Lipinski definition) is 6. The number of rotatable bonds is 10. The molecule has 1 amide bonds. The Balaban J connectivity index is 1.75. The standard InChI is InChI=1S/C19H30N4O3/c1-16(2)12-23-8-10-26-18(14-23)11-21-19(24)15-22(7-4-6-20)13-17-5-3-9-25-17/h3,5,9,16,18H,4,7-8,10-15H2,1-2H3,(H,21,24). The Labute approximate surface area is 155 Å². The summed E-state index contributed by atoms with van der Waals surface area (Å²) < 4.78 is 11.1. The van der Waals surface area contributed by atoms with Crippen LogP contribution in [0.2, 0.25) is 0 Å². The molecule has 0 bridgehead atoms. The number of ether oxygens (including phenoxy) is 1. The van der Waals surface area contributed by atoms with Crippen molar-refractivity contribution in [1.29, 1.82) is 5.26 Å². The van der Waals surface area contributed by atoms with Gasteiger partial charge in [-0.3, -0.25) is 14.6 Å². The molecule has 1 unspecified atom stereocenters. The van der Waals surface area contributed by atoms with Crippen LogP contribution in [0.4, 0.5) is 0 Å². The van der Waals surface area contributed by atoms with Gasteiger partial charge in [0.1, 0.15) is 5.76 Å². The maximum atomic E-state index is 12.3. The number of carbonyl (C=O) groups excluding carboxylic acids is 1. The molecule has 7 nitrogen and oxygen atoms in total. The molecule has 144 valence electrons. The van der Waals surface area contributed by atoms with Crippen LogP contribution in [0.25, 0.3) is 0 Å². The molecule has 7 heteroatoms. The molecule has 0 aliphatic carbocycles. The van der Waals surface area contributed by atoms with E-state index in [1.165, 1.54) is 0 Å². The summed E-state index contributed by atoms with van der Waals surface area (Å²) in [6, 6.07) is 5.82. The van der Waals surface area contributed by atoms with Crippen LogP contribution in [0.3, 0.4) is 0 Å². The fourth-order valence-electron chi connectivity index (χ4n) is 3.12. The van der Waals surface area contributed by atoms with Crippen molar-refractivity contribution in [2.75, 3.05) is 45.9 Å². The second-order valence-electron chi connectivity index (χ2n) is 7.15. The number of furan rings is 1. The largest absolute Gasteiger partial charge is 0.468 e. The third-order valence-electron chi connectivity index (χ3n) is 4.24. The van der Waals surface area contributed by atoms with Crippen molar-refractivity contribution in [2.24, 2.45) is 5.92 Å². The highest BCUT2D eigenvalue weighted by molar-refractivity contribution is 5.78. The Hall–Kier alpha value is -1.88. The van der Waals surface area contributed by atoms with Crippen molar-refractivity contribution >= 4 is 5.91 Å². The summed E-state index contributed by atoms with van der Waals surface area (Å²) in [6.07, 6.45) is 2.02. The molecular weight excluding hydrogens is 332 g/mol. The van der Waals surface area contributed by atoms with E-state index in [0.717, 1.165) is 25.4 Å². The van der Waals surface area contributed by atoms with Gasteiger partial charge in [0.2, 0.25) is 5.91 Å². The van der Waals surface area contributed by atoms with Crippen molar-refractivity contribution in [3.63, 3.8) is 0 Å². The lowest BCUT2D eigenvalue weighted by Gasteiger charge is -2.34. The summed E-state index contributed by atoms with van der Waals surface area (Å²) in [7, 11) is 0. The van der Waals surface area contributed by atoms with Crippen molar-refractivity contribution in [3.05, 3.63) is 24.2 Å². The average Bonchev–Trinajstić information content (AvgIpc) is 3.10. The van der Waals surface area contributed by atoms with Crippen LogP contribution >= 0.6 is 0 Å². The number of amides is 1. The zero-order valence-corrected chi connectivity index (χ0v) is 15.8. The third kappa shape index (κ3) is 7.56. The quantitative estimate of drug-likeness (QED) is 0.679. The van der Waals surface area contributed by atoms with Gasteiger partial charge >= 0.3 is 0 Å². The maximum absolute atomic E-state index is 12.3. The zero-order valence-electron chi connectivity index (χ0n) is 15.8. The molecule has 1 N–H and O–H groups in total. The van der Waals surface area contributed by atoms with Crippen molar-refractivity contribution in [3.8, 4) is 6.07 Å². The Kier molecular flexibility index (Phi) is 8.62. The summed E-state index contributed by atoms with van der Waals surface area (Å²) in [5.74, 6) is 1.35. The summed E-state index contributed by atoms with van der Waals surface area (Å²) in [5, 5.41) is 11.8. The van der Waals surface area contributed by atoms with Gasteiger partial charge in [-0.1, -0.05) is 13.8 Å². The van der Waals surface area contributed by atoms with Gasteiger partial charge in [0, 0.05) is 39.1 Å². The second kappa shape index (κ2) is 11.0. The van der Waals surface area contributed by atoms with E-state index in [-0.39, 0.29) is 18.6 Å². The number of carbonyl (C=O) groups is 1. The Morgan fingerprint density at radius 3 is 3.08 bits per heavy atom. The van der Waals surface area contributed by atoms with Crippen LogP contribution < -0.4 is 5.32 Å². The molecule has 1 aromatic heterocycles. The molecule has 1 saturated heterocycles. The van der Waals surface area contributed by atoms with E-state index in [2.05, 4.69) is 30.1 Å². The highest BCUT2D eigenvalue weighted by Gasteiger charge is 2.22. The molecule has 1 fully saturated rings. The van der Waals surface area contributed by atoms with Gasteiger partial charge in [-0.15, -0.1) is 0 Å². The van der Waals surface area contributed by atoms with Gasteiger partial charge < -0.3 is 14.5 Å². The van der Waals surface area contributed by atoms with E-state index >= 15 is 0 Å². The number of nitrogens with zero attached hydrogens (tertiary/aromatic N) is 3. The minimum Gasteiger partial charge on any atom is -0.468 e. The number of nitrogens with one attached hydrogen (secondary N) is 1. The van der Waals surface area contributed by atoms with Crippen molar-refractivity contribution < 1.29 is 13.9 Å². The topological polar surface area (TPSA) is 81.7 Å². The van der Waals surface area contributed by atoms with Crippen LogP contribution in [-0.4, -0.2) is 67.7 Å². The summed E-state index contributed by atoms with van der Waals surface area (Å²) >= 11 is 0. The molecule has 26 heavy (non-hydrogen) atoms. The predicted molar refractivity (Wildman–Crippen MR) is 98.2 cm³/mol. The zero-order chi connectivity index (χ0) is 18.8. The van der Waals surface area contributed by atoms with Crippen molar-refractivity contribution in [1.82, 2.24) is 15.1 Å². The van der Waals surface area contributed by atoms with Gasteiger partial charge in [-0.25, -0.2) is 0 Å². The van der Waals surface area contributed by atoms with Gasteiger partial charge in [-0.2, -0.15) is 5.26 Å². The van der Waals surface area contributed by atoms with Gasteiger partial charge in [-0.05, 0) is 18.1 Å². The van der Waals surface area contributed by atoms with Crippen LogP contribution in [0.15, 0.2) is 22.8 Å². The summed E-state index contributed by atoms with van der Waals surface area (Å²) in [6.45, 7) is 9.79. The second-order valence-corrected chi connectivity index (χ2v) is 7.15. The van der Waals surface area contributed by atoms with Crippen LogP contribution in [0.1, 0.15) is 26.0 Å². The van der Waals surface area contributed by atoms with E-state index in [1.807, 2.05) is 17.0 Å². The number of hydrogen-bond donors (Lipinski definition) is 1. The minimum absolute atomic E-state index is 0.0316.